The van der Waals surface area contributed by atoms with Crippen molar-refractivity contribution in [3.8, 4) is 0 Å². The number of ether oxygens (including phenoxy) is 2. The van der Waals surface area contributed by atoms with Crippen LogP contribution in [0.3, 0.4) is 0 Å². The Morgan fingerprint density at radius 3 is 2.43 bits per heavy atom. The van der Waals surface area contributed by atoms with Gasteiger partial charge in [-0.05, 0) is 44.9 Å². The molecule has 1 aromatic carbocycles. The summed E-state index contributed by atoms with van der Waals surface area (Å²) < 4.78 is 10.5. The number of benzene rings is 1. The van der Waals surface area contributed by atoms with Crippen LogP contribution in [0.2, 0.25) is 0 Å². The van der Waals surface area contributed by atoms with Gasteiger partial charge in [0.05, 0.1) is 0 Å². The van der Waals surface area contributed by atoms with Crippen molar-refractivity contribution in [2.75, 3.05) is 5.75 Å². The SMILES string of the molecule is CC(C)(C)OC(=O)[C@H](CCCS)NC(=O)OCc1ccccc1. The Bertz CT molecular complexity index is 499. The Morgan fingerprint density at radius 2 is 1.87 bits per heavy atom. The molecule has 1 atom stereocenters. The molecule has 0 saturated heterocycles. The van der Waals surface area contributed by atoms with Gasteiger partial charge in [0, 0.05) is 0 Å². The van der Waals surface area contributed by atoms with Gasteiger partial charge in [-0.25, -0.2) is 9.59 Å². The molecular weight excluding hydrogens is 314 g/mol. The van der Waals surface area contributed by atoms with Crippen molar-refractivity contribution in [2.24, 2.45) is 0 Å². The predicted molar refractivity (Wildman–Crippen MR) is 92.5 cm³/mol. The largest absolute Gasteiger partial charge is 0.458 e. The monoisotopic (exact) mass is 339 g/mol. The van der Waals surface area contributed by atoms with E-state index in [-0.39, 0.29) is 6.61 Å². The lowest BCUT2D eigenvalue weighted by atomic mass is 10.1. The first-order chi connectivity index (χ1) is 10.8. The zero-order valence-electron chi connectivity index (χ0n) is 13.9. The summed E-state index contributed by atoms with van der Waals surface area (Å²) in [7, 11) is 0. The van der Waals surface area contributed by atoms with E-state index in [0.29, 0.717) is 18.6 Å². The molecular formula is C17H25NO4S. The van der Waals surface area contributed by atoms with E-state index in [1.807, 2.05) is 30.3 Å². The highest BCUT2D eigenvalue weighted by atomic mass is 32.1. The van der Waals surface area contributed by atoms with Crippen LogP contribution in [0.15, 0.2) is 30.3 Å². The maximum Gasteiger partial charge on any atom is 0.408 e. The van der Waals surface area contributed by atoms with Gasteiger partial charge in [0.2, 0.25) is 0 Å². The van der Waals surface area contributed by atoms with Gasteiger partial charge in [-0.2, -0.15) is 12.6 Å². The number of rotatable bonds is 7. The predicted octanol–water partition coefficient (Wildman–Crippen LogP) is 3.33. The molecule has 1 amide bonds. The van der Waals surface area contributed by atoms with Crippen molar-refractivity contribution in [3.63, 3.8) is 0 Å². The lowest BCUT2D eigenvalue weighted by molar-refractivity contribution is -0.157. The summed E-state index contributed by atoms with van der Waals surface area (Å²) in [5, 5.41) is 2.57. The zero-order valence-corrected chi connectivity index (χ0v) is 14.8. The molecule has 0 bridgehead atoms. The highest BCUT2D eigenvalue weighted by Crippen LogP contribution is 2.11. The molecule has 0 fully saturated rings. The van der Waals surface area contributed by atoms with E-state index in [4.69, 9.17) is 9.47 Å². The van der Waals surface area contributed by atoms with Crippen LogP contribution in [0.5, 0.6) is 0 Å². The quantitative estimate of drug-likeness (QED) is 0.591. The van der Waals surface area contributed by atoms with Crippen molar-refractivity contribution < 1.29 is 19.1 Å². The molecule has 1 aromatic rings. The fraction of sp³-hybridized carbons (Fsp3) is 0.529. The molecule has 0 aliphatic rings. The standard InChI is InChI=1S/C17H25NO4S/c1-17(2,3)22-15(19)14(10-7-11-23)18-16(20)21-12-13-8-5-4-6-9-13/h4-6,8-9,14,23H,7,10-12H2,1-3H3,(H,18,20)/t14-/m0/s1. The van der Waals surface area contributed by atoms with Crippen LogP contribution in [0.4, 0.5) is 4.79 Å². The number of hydrogen-bond donors (Lipinski definition) is 2. The average molecular weight is 339 g/mol. The third-order valence-corrected chi connectivity index (χ3v) is 3.16. The number of nitrogens with one attached hydrogen (secondary N) is 1. The molecule has 0 saturated carbocycles. The van der Waals surface area contributed by atoms with Crippen molar-refractivity contribution in [1.82, 2.24) is 5.32 Å². The first-order valence-corrected chi connectivity index (χ1v) is 8.26. The molecule has 6 heteroatoms. The van der Waals surface area contributed by atoms with Gasteiger partial charge in [-0.3, -0.25) is 0 Å². The van der Waals surface area contributed by atoms with Crippen molar-refractivity contribution in [1.29, 1.82) is 0 Å². The Morgan fingerprint density at radius 1 is 1.22 bits per heavy atom. The zero-order chi connectivity index (χ0) is 17.3. The lowest BCUT2D eigenvalue weighted by Crippen LogP contribution is -2.44. The lowest BCUT2D eigenvalue weighted by Gasteiger charge is -2.24. The molecule has 5 nitrogen and oxygen atoms in total. The molecule has 0 heterocycles. The van der Waals surface area contributed by atoms with E-state index in [2.05, 4.69) is 17.9 Å². The maximum atomic E-state index is 12.2. The molecule has 0 unspecified atom stereocenters. The summed E-state index contributed by atoms with van der Waals surface area (Å²) >= 11 is 4.13. The fourth-order valence-corrected chi connectivity index (χ4v) is 2.01. The normalized spacial score (nSPS) is 12.3. The van der Waals surface area contributed by atoms with E-state index in [1.54, 1.807) is 20.8 Å². The van der Waals surface area contributed by atoms with Gasteiger partial charge in [0.1, 0.15) is 18.2 Å². The second kappa shape index (κ2) is 9.45. The number of thiol groups is 1. The van der Waals surface area contributed by atoms with E-state index >= 15 is 0 Å². The molecule has 0 aliphatic heterocycles. The molecule has 1 rings (SSSR count). The topological polar surface area (TPSA) is 64.6 Å². The van der Waals surface area contributed by atoms with Crippen LogP contribution in [-0.4, -0.2) is 29.5 Å². The number of esters is 1. The van der Waals surface area contributed by atoms with E-state index in [9.17, 15) is 9.59 Å². The van der Waals surface area contributed by atoms with Crippen LogP contribution in [0.25, 0.3) is 0 Å². The number of carbonyl (C=O) groups is 2. The summed E-state index contributed by atoms with van der Waals surface area (Å²) in [5.41, 5.74) is 0.276. The van der Waals surface area contributed by atoms with Crippen LogP contribution in [-0.2, 0) is 20.9 Å². The summed E-state index contributed by atoms with van der Waals surface area (Å²) in [6.07, 6.45) is 0.508. The number of carbonyl (C=O) groups excluding carboxylic acids is 2. The van der Waals surface area contributed by atoms with E-state index in [1.165, 1.54) is 0 Å². The Balaban J connectivity index is 2.54. The molecule has 128 valence electrons. The van der Waals surface area contributed by atoms with E-state index < -0.39 is 23.7 Å². The first-order valence-electron chi connectivity index (χ1n) is 7.63. The van der Waals surface area contributed by atoms with Gasteiger partial charge in [-0.1, -0.05) is 30.3 Å². The molecule has 0 aliphatic carbocycles. The Hall–Kier alpha value is -1.69. The third kappa shape index (κ3) is 8.50. The van der Waals surface area contributed by atoms with Gasteiger partial charge < -0.3 is 14.8 Å². The minimum atomic E-state index is -0.732. The molecule has 0 aromatic heterocycles. The van der Waals surface area contributed by atoms with Gasteiger partial charge in [-0.15, -0.1) is 0 Å². The fourth-order valence-electron chi connectivity index (χ4n) is 1.82. The van der Waals surface area contributed by atoms with Crippen LogP contribution in [0, 0.1) is 0 Å². The van der Waals surface area contributed by atoms with Crippen LogP contribution >= 0.6 is 12.6 Å². The summed E-state index contributed by atoms with van der Waals surface area (Å²) in [6, 6.07) is 8.61. The van der Waals surface area contributed by atoms with Crippen molar-refractivity contribution in [2.45, 2.75) is 51.9 Å². The van der Waals surface area contributed by atoms with Crippen molar-refractivity contribution in [3.05, 3.63) is 35.9 Å². The van der Waals surface area contributed by atoms with Crippen LogP contribution < -0.4 is 5.32 Å². The average Bonchev–Trinajstić information content (AvgIpc) is 2.48. The number of hydrogen-bond acceptors (Lipinski definition) is 5. The smallest absolute Gasteiger partial charge is 0.408 e. The number of amides is 1. The molecule has 0 spiro atoms. The molecule has 0 radical (unpaired) electrons. The maximum absolute atomic E-state index is 12.2. The van der Waals surface area contributed by atoms with Crippen LogP contribution in [0.1, 0.15) is 39.2 Å². The van der Waals surface area contributed by atoms with Gasteiger partial charge >= 0.3 is 12.1 Å². The highest BCUT2D eigenvalue weighted by Gasteiger charge is 2.26. The Kier molecular flexibility index (Phi) is 7.95. The number of alkyl carbamates (subject to hydrolysis) is 1. The van der Waals surface area contributed by atoms with Gasteiger partial charge in [0.25, 0.3) is 0 Å². The minimum absolute atomic E-state index is 0.153. The highest BCUT2D eigenvalue weighted by molar-refractivity contribution is 7.80. The second-order valence-corrected chi connectivity index (χ2v) is 6.61. The van der Waals surface area contributed by atoms with Crippen molar-refractivity contribution >= 4 is 24.7 Å². The molecule has 1 N–H and O–H groups in total. The third-order valence-electron chi connectivity index (χ3n) is 2.85. The summed E-state index contributed by atoms with van der Waals surface area (Å²) in [5.74, 6) is 0.163. The minimum Gasteiger partial charge on any atom is -0.458 e. The summed E-state index contributed by atoms with van der Waals surface area (Å²) in [6.45, 7) is 5.51. The second-order valence-electron chi connectivity index (χ2n) is 6.16. The molecule has 23 heavy (non-hydrogen) atoms. The van der Waals surface area contributed by atoms with E-state index in [0.717, 1.165) is 5.56 Å². The summed E-state index contributed by atoms with van der Waals surface area (Å²) in [4.78, 5) is 24.1. The Labute approximate surface area is 143 Å². The van der Waals surface area contributed by atoms with Gasteiger partial charge in [0.15, 0.2) is 0 Å². The first kappa shape index (κ1) is 19.4.